The highest BCUT2D eigenvalue weighted by Gasteiger charge is 2.10. The molecule has 0 bridgehead atoms. The molecule has 0 radical (unpaired) electrons. The molecule has 0 aliphatic rings. The van der Waals surface area contributed by atoms with E-state index in [9.17, 15) is 4.79 Å². The Morgan fingerprint density at radius 1 is 1.35 bits per heavy atom. The zero-order valence-electron chi connectivity index (χ0n) is 9.58. The number of carbonyl (C=O) groups is 1. The molecule has 0 saturated carbocycles. The van der Waals surface area contributed by atoms with Crippen molar-refractivity contribution in [3.8, 4) is 11.4 Å². The zero-order chi connectivity index (χ0) is 12.1. The van der Waals surface area contributed by atoms with Gasteiger partial charge in [0.25, 0.3) is 0 Å². The van der Waals surface area contributed by atoms with Gasteiger partial charge < -0.3 is 9.36 Å². The normalized spacial score (nSPS) is 10.4. The Balaban J connectivity index is 2.18. The van der Waals surface area contributed by atoms with E-state index in [0.29, 0.717) is 6.42 Å². The lowest BCUT2D eigenvalue weighted by atomic mass is 10.2. The van der Waals surface area contributed by atoms with Crippen molar-refractivity contribution in [1.29, 1.82) is 0 Å². The first kappa shape index (κ1) is 11.4. The van der Waals surface area contributed by atoms with E-state index >= 15 is 0 Å². The van der Waals surface area contributed by atoms with E-state index in [0.717, 1.165) is 36.3 Å². The van der Waals surface area contributed by atoms with Gasteiger partial charge in [0, 0.05) is 25.5 Å². The third kappa shape index (κ3) is 2.52. The molecule has 0 aliphatic heterocycles. The van der Waals surface area contributed by atoms with Crippen LogP contribution in [-0.4, -0.2) is 31.2 Å². The molecule has 6 nitrogen and oxygen atoms in total. The van der Waals surface area contributed by atoms with Crippen LogP contribution in [0.4, 0.5) is 0 Å². The molecule has 6 heteroatoms. The quantitative estimate of drug-likeness (QED) is 0.562. The van der Waals surface area contributed by atoms with Gasteiger partial charge in [-0.2, -0.15) is 10.2 Å². The predicted octanol–water partition coefficient (Wildman–Crippen LogP) is 0.794. The van der Waals surface area contributed by atoms with Crippen molar-refractivity contribution in [2.45, 2.75) is 19.3 Å². The minimum Gasteiger partial charge on any atom is -0.314 e. The van der Waals surface area contributed by atoms with Crippen LogP contribution >= 0.6 is 0 Å². The van der Waals surface area contributed by atoms with Crippen molar-refractivity contribution in [3.63, 3.8) is 0 Å². The molecular weight excluding hydrogens is 218 g/mol. The first-order chi connectivity index (χ1) is 8.33. The third-order valence-corrected chi connectivity index (χ3v) is 2.53. The number of unbranched alkanes of at least 4 members (excludes halogenated alkanes) is 1. The van der Waals surface area contributed by atoms with Gasteiger partial charge in [0.2, 0.25) is 0 Å². The average Bonchev–Trinajstić information content (AvgIpc) is 2.73. The molecule has 0 unspecified atom stereocenters. The van der Waals surface area contributed by atoms with Gasteiger partial charge in [-0.15, -0.1) is 10.2 Å². The molecule has 0 spiro atoms. The molecule has 0 aromatic carbocycles. The first-order valence-electron chi connectivity index (χ1n) is 5.42. The van der Waals surface area contributed by atoms with Crippen LogP contribution in [0.25, 0.3) is 11.4 Å². The Morgan fingerprint density at radius 3 is 2.94 bits per heavy atom. The Morgan fingerprint density at radius 2 is 2.24 bits per heavy atom. The van der Waals surface area contributed by atoms with Crippen LogP contribution in [0.15, 0.2) is 18.5 Å². The van der Waals surface area contributed by atoms with Crippen LogP contribution in [-0.2, 0) is 18.3 Å². The summed E-state index contributed by atoms with van der Waals surface area (Å²) in [6.07, 6.45) is 6.29. The van der Waals surface area contributed by atoms with Crippen LogP contribution in [0.3, 0.4) is 0 Å². The van der Waals surface area contributed by atoms with E-state index < -0.39 is 0 Å². The Kier molecular flexibility index (Phi) is 3.54. The van der Waals surface area contributed by atoms with Crippen molar-refractivity contribution >= 4 is 6.29 Å². The summed E-state index contributed by atoms with van der Waals surface area (Å²) in [7, 11) is 1.91. The molecule has 0 saturated heterocycles. The summed E-state index contributed by atoms with van der Waals surface area (Å²) in [5.74, 6) is 1.64. The van der Waals surface area contributed by atoms with Crippen LogP contribution in [0, 0.1) is 0 Å². The maximum absolute atomic E-state index is 10.2. The summed E-state index contributed by atoms with van der Waals surface area (Å²) in [6.45, 7) is 0. The lowest BCUT2D eigenvalue weighted by Crippen LogP contribution is -2.00. The monoisotopic (exact) mass is 231 g/mol. The Labute approximate surface area is 98.7 Å². The van der Waals surface area contributed by atoms with E-state index in [1.54, 1.807) is 12.4 Å². The summed E-state index contributed by atoms with van der Waals surface area (Å²) in [5.41, 5.74) is 0.886. The van der Waals surface area contributed by atoms with E-state index in [4.69, 9.17) is 0 Å². The van der Waals surface area contributed by atoms with Crippen molar-refractivity contribution in [1.82, 2.24) is 25.0 Å². The molecule has 17 heavy (non-hydrogen) atoms. The van der Waals surface area contributed by atoms with Crippen molar-refractivity contribution in [3.05, 3.63) is 24.3 Å². The number of aromatic nitrogens is 5. The molecule has 0 fully saturated rings. The lowest BCUT2D eigenvalue weighted by Gasteiger charge is -2.02. The summed E-state index contributed by atoms with van der Waals surface area (Å²) < 4.78 is 1.92. The largest absolute Gasteiger partial charge is 0.314 e. The van der Waals surface area contributed by atoms with Gasteiger partial charge in [-0.3, -0.25) is 0 Å². The smallest absolute Gasteiger partial charge is 0.165 e. The fourth-order valence-corrected chi connectivity index (χ4v) is 1.60. The first-order valence-corrected chi connectivity index (χ1v) is 5.42. The average molecular weight is 231 g/mol. The molecule has 0 aliphatic carbocycles. The molecule has 2 rings (SSSR count). The summed E-state index contributed by atoms with van der Waals surface area (Å²) in [6, 6.07) is 1.84. The molecule has 0 amide bonds. The highest BCUT2D eigenvalue weighted by atomic mass is 16.1. The zero-order valence-corrected chi connectivity index (χ0v) is 9.58. The van der Waals surface area contributed by atoms with Crippen LogP contribution in [0.5, 0.6) is 0 Å². The summed E-state index contributed by atoms with van der Waals surface area (Å²) in [5, 5.41) is 15.8. The van der Waals surface area contributed by atoms with E-state index in [2.05, 4.69) is 20.4 Å². The topological polar surface area (TPSA) is 73.6 Å². The van der Waals surface area contributed by atoms with E-state index in [-0.39, 0.29) is 0 Å². The SMILES string of the molecule is Cn1c(CCCC=O)nnc1-c1ccnnc1. The van der Waals surface area contributed by atoms with Gasteiger partial charge in [-0.25, -0.2) is 0 Å². The predicted molar refractivity (Wildman–Crippen MR) is 61.0 cm³/mol. The maximum Gasteiger partial charge on any atom is 0.165 e. The van der Waals surface area contributed by atoms with Crippen LogP contribution in [0.1, 0.15) is 18.7 Å². The number of hydrogen-bond donors (Lipinski definition) is 0. The Bertz CT molecular complexity index is 494. The fourth-order valence-electron chi connectivity index (χ4n) is 1.60. The number of aryl methyl sites for hydroxylation is 1. The van der Waals surface area contributed by atoms with Crippen molar-refractivity contribution in [2.24, 2.45) is 7.05 Å². The molecule has 0 atom stereocenters. The second kappa shape index (κ2) is 5.29. The maximum atomic E-state index is 10.2. The minimum absolute atomic E-state index is 0.555. The van der Waals surface area contributed by atoms with E-state index in [1.807, 2.05) is 17.7 Å². The number of aldehydes is 1. The van der Waals surface area contributed by atoms with Gasteiger partial charge in [-0.05, 0) is 12.5 Å². The van der Waals surface area contributed by atoms with Crippen molar-refractivity contribution in [2.75, 3.05) is 0 Å². The molecule has 2 aromatic heterocycles. The summed E-state index contributed by atoms with van der Waals surface area (Å²) >= 11 is 0. The Hall–Kier alpha value is -2.11. The fraction of sp³-hybridized carbons (Fsp3) is 0.364. The minimum atomic E-state index is 0.555. The van der Waals surface area contributed by atoms with Gasteiger partial charge in [0.05, 0.1) is 12.4 Å². The number of nitrogens with zero attached hydrogens (tertiary/aromatic N) is 5. The second-order valence-electron chi connectivity index (χ2n) is 3.69. The van der Waals surface area contributed by atoms with Gasteiger partial charge in [0.1, 0.15) is 12.1 Å². The second-order valence-corrected chi connectivity index (χ2v) is 3.69. The summed E-state index contributed by atoms with van der Waals surface area (Å²) in [4.78, 5) is 10.2. The van der Waals surface area contributed by atoms with Gasteiger partial charge in [0.15, 0.2) is 5.82 Å². The number of hydrogen-bond acceptors (Lipinski definition) is 5. The third-order valence-electron chi connectivity index (χ3n) is 2.53. The number of rotatable bonds is 5. The van der Waals surface area contributed by atoms with Gasteiger partial charge >= 0.3 is 0 Å². The molecule has 0 N–H and O–H groups in total. The highest BCUT2D eigenvalue weighted by Crippen LogP contribution is 2.15. The lowest BCUT2D eigenvalue weighted by molar-refractivity contribution is -0.107. The highest BCUT2D eigenvalue weighted by molar-refractivity contribution is 5.52. The van der Waals surface area contributed by atoms with Crippen LogP contribution in [0.2, 0.25) is 0 Å². The molecule has 2 aromatic rings. The van der Waals surface area contributed by atoms with Gasteiger partial charge in [-0.1, -0.05) is 0 Å². The molecular formula is C11H13N5O. The standard InChI is InChI=1S/C11H13N5O/c1-16-10(4-2-3-7-17)14-15-11(16)9-5-6-12-13-8-9/h5-8H,2-4H2,1H3. The number of carbonyl (C=O) groups excluding carboxylic acids is 1. The van der Waals surface area contributed by atoms with Crippen molar-refractivity contribution < 1.29 is 4.79 Å². The van der Waals surface area contributed by atoms with Crippen LogP contribution < -0.4 is 0 Å². The molecule has 2 heterocycles. The van der Waals surface area contributed by atoms with E-state index in [1.165, 1.54) is 0 Å². The molecule has 88 valence electrons.